The average Bonchev–Trinajstić information content (AvgIpc) is 3.00. The Hall–Kier alpha value is -1.16. The molecule has 1 unspecified atom stereocenters. The number of ether oxygens (including phenoxy) is 1. The highest BCUT2D eigenvalue weighted by atomic mass is 16.5. The van der Waals surface area contributed by atoms with Crippen LogP contribution in [0.3, 0.4) is 0 Å². The molecule has 4 nitrogen and oxygen atoms in total. The van der Waals surface area contributed by atoms with Crippen LogP contribution in [0.15, 0.2) is 6.07 Å². The number of aromatic nitrogens is 2. The molecule has 4 heteroatoms. The molecule has 1 fully saturated rings. The summed E-state index contributed by atoms with van der Waals surface area (Å²) in [5.41, 5.74) is 6.86. The van der Waals surface area contributed by atoms with Gasteiger partial charge in [-0.1, -0.05) is 6.92 Å². The fourth-order valence-electron chi connectivity index (χ4n) is 1.64. The maximum atomic E-state index is 5.77. The zero-order valence-electron chi connectivity index (χ0n) is 9.23. The van der Waals surface area contributed by atoms with E-state index in [9.17, 15) is 0 Å². The zero-order chi connectivity index (χ0) is 10.8. The van der Waals surface area contributed by atoms with Crippen LogP contribution in [0.1, 0.15) is 43.1 Å². The third kappa shape index (κ3) is 2.45. The van der Waals surface area contributed by atoms with Gasteiger partial charge in [-0.15, -0.1) is 0 Å². The van der Waals surface area contributed by atoms with E-state index in [4.69, 9.17) is 10.5 Å². The predicted molar refractivity (Wildman–Crippen MR) is 58.7 cm³/mol. The summed E-state index contributed by atoms with van der Waals surface area (Å²) in [5.74, 6) is 2.20. The van der Waals surface area contributed by atoms with E-state index in [0.29, 0.717) is 18.3 Å². The topological polar surface area (TPSA) is 61.0 Å². The van der Waals surface area contributed by atoms with Crippen LogP contribution >= 0.6 is 0 Å². The molecule has 0 saturated heterocycles. The van der Waals surface area contributed by atoms with Crippen LogP contribution in [0.25, 0.3) is 0 Å². The first-order valence-electron chi connectivity index (χ1n) is 5.34. The number of methoxy groups -OCH3 is 1. The standard InChI is InChI=1S/C11H17N3O/c1-7(6-15-2)11-13-9(8-3-4-8)5-10(12)14-11/h5,7-8H,3-4,6H2,1-2H3,(H2,12,13,14). The van der Waals surface area contributed by atoms with Gasteiger partial charge in [-0.05, 0) is 12.8 Å². The van der Waals surface area contributed by atoms with Crippen LogP contribution < -0.4 is 5.73 Å². The number of nitrogens with zero attached hydrogens (tertiary/aromatic N) is 2. The van der Waals surface area contributed by atoms with Crippen molar-refractivity contribution in [2.75, 3.05) is 19.5 Å². The summed E-state index contributed by atoms with van der Waals surface area (Å²) >= 11 is 0. The highest BCUT2D eigenvalue weighted by molar-refractivity contribution is 5.33. The van der Waals surface area contributed by atoms with Gasteiger partial charge in [0, 0.05) is 30.7 Å². The molecular formula is C11H17N3O. The SMILES string of the molecule is COCC(C)c1nc(N)cc(C2CC2)n1. The number of nitrogens with two attached hydrogens (primary N) is 1. The second kappa shape index (κ2) is 4.14. The van der Waals surface area contributed by atoms with Crippen molar-refractivity contribution < 1.29 is 4.74 Å². The molecular weight excluding hydrogens is 190 g/mol. The minimum Gasteiger partial charge on any atom is -0.384 e. The van der Waals surface area contributed by atoms with Gasteiger partial charge in [-0.25, -0.2) is 9.97 Å². The Bertz CT molecular complexity index is 350. The lowest BCUT2D eigenvalue weighted by Crippen LogP contribution is -2.10. The van der Waals surface area contributed by atoms with Crippen molar-refractivity contribution in [3.8, 4) is 0 Å². The molecule has 2 rings (SSSR count). The third-order valence-electron chi connectivity index (χ3n) is 2.64. The number of nitrogen functional groups attached to an aromatic ring is 1. The first kappa shape index (κ1) is 10.4. The molecule has 0 bridgehead atoms. The molecule has 0 aliphatic heterocycles. The maximum Gasteiger partial charge on any atom is 0.136 e. The lowest BCUT2D eigenvalue weighted by atomic mass is 10.1. The first-order valence-corrected chi connectivity index (χ1v) is 5.34. The predicted octanol–water partition coefficient (Wildman–Crippen LogP) is 1.69. The van der Waals surface area contributed by atoms with Crippen molar-refractivity contribution in [2.45, 2.75) is 31.6 Å². The van der Waals surface area contributed by atoms with E-state index in [-0.39, 0.29) is 5.92 Å². The van der Waals surface area contributed by atoms with Crippen LogP contribution in [0.4, 0.5) is 5.82 Å². The normalized spacial score (nSPS) is 17.7. The smallest absolute Gasteiger partial charge is 0.136 e. The summed E-state index contributed by atoms with van der Waals surface area (Å²) < 4.78 is 5.09. The Kier molecular flexibility index (Phi) is 2.86. The van der Waals surface area contributed by atoms with E-state index in [1.54, 1.807) is 7.11 Å². The van der Waals surface area contributed by atoms with Gasteiger partial charge < -0.3 is 10.5 Å². The molecule has 1 aromatic heterocycles. The largest absolute Gasteiger partial charge is 0.384 e. The zero-order valence-corrected chi connectivity index (χ0v) is 9.23. The summed E-state index contributed by atoms with van der Waals surface area (Å²) in [6.45, 7) is 2.68. The number of rotatable bonds is 4. The lowest BCUT2D eigenvalue weighted by Gasteiger charge is -2.10. The highest BCUT2D eigenvalue weighted by Gasteiger charge is 2.26. The van der Waals surface area contributed by atoms with Gasteiger partial charge in [-0.3, -0.25) is 0 Å². The average molecular weight is 207 g/mol. The second-order valence-corrected chi connectivity index (χ2v) is 4.21. The van der Waals surface area contributed by atoms with E-state index in [1.807, 2.05) is 6.07 Å². The van der Waals surface area contributed by atoms with Crippen molar-refractivity contribution >= 4 is 5.82 Å². The fourth-order valence-corrected chi connectivity index (χ4v) is 1.64. The van der Waals surface area contributed by atoms with Gasteiger partial charge in [0.2, 0.25) is 0 Å². The summed E-state index contributed by atoms with van der Waals surface area (Å²) in [6.07, 6.45) is 2.46. The Morgan fingerprint density at radius 3 is 2.87 bits per heavy atom. The molecule has 1 saturated carbocycles. The maximum absolute atomic E-state index is 5.77. The van der Waals surface area contributed by atoms with Crippen molar-refractivity contribution in [3.63, 3.8) is 0 Å². The quantitative estimate of drug-likeness (QED) is 0.816. The van der Waals surface area contributed by atoms with E-state index < -0.39 is 0 Å². The van der Waals surface area contributed by atoms with Crippen LogP contribution in [0.5, 0.6) is 0 Å². The number of hydrogen-bond acceptors (Lipinski definition) is 4. The van der Waals surface area contributed by atoms with E-state index in [1.165, 1.54) is 12.8 Å². The number of hydrogen-bond donors (Lipinski definition) is 1. The van der Waals surface area contributed by atoms with Crippen molar-refractivity contribution in [3.05, 3.63) is 17.6 Å². The molecule has 15 heavy (non-hydrogen) atoms. The van der Waals surface area contributed by atoms with E-state index in [2.05, 4.69) is 16.9 Å². The highest BCUT2D eigenvalue weighted by Crippen LogP contribution is 2.39. The van der Waals surface area contributed by atoms with Gasteiger partial charge in [0.05, 0.1) is 6.61 Å². The van der Waals surface area contributed by atoms with Gasteiger partial charge in [-0.2, -0.15) is 0 Å². The molecule has 0 aromatic carbocycles. The summed E-state index contributed by atoms with van der Waals surface area (Å²) in [5, 5.41) is 0. The molecule has 1 aliphatic carbocycles. The van der Waals surface area contributed by atoms with Crippen molar-refractivity contribution in [1.29, 1.82) is 0 Å². The molecule has 1 aromatic rings. The van der Waals surface area contributed by atoms with E-state index in [0.717, 1.165) is 11.5 Å². The van der Waals surface area contributed by atoms with Gasteiger partial charge >= 0.3 is 0 Å². The van der Waals surface area contributed by atoms with Gasteiger partial charge in [0.15, 0.2) is 0 Å². The minimum atomic E-state index is 0.205. The Morgan fingerprint density at radius 1 is 1.53 bits per heavy atom. The lowest BCUT2D eigenvalue weighted by molar-refractivity contribution is 0.181. The molecule has 1 atom stereocenters. The molecule has 82 valence electrons. The molecule has 1 heterocycles. The Morgan fingerprint density at radius 2 is 2.27 bits per heavy atom. The Labute approximate surface area is 89.9 Å². The second-order valence-electron chi connectivity index (χ2n) is 4.21. The molecule has 0 amide bonds. The fraction of sp³-hybridized carbons (Fsp3) is 0.636. The number of anilines is 1. The van der Waals surface area contributed by atoms with Gasteiger partial charge in [0.1, 0.15) is 11.6 Å². The molecule has 0 radical (unpaired) electrons. The summed E-state index contributed by atoms with van der Waals surface area (Å²) in [4.78, 5) is 8.79. The third-order valence-corrected chi connectivity index (χ3v) is 2.64. The van der Waals surface area contributed by atoms with Crippen molar-refractivity contribution in [1.82, 2.24) is 9.97 Å². The first-order chi connectivity index (χ1) is 7.20. The van der Waals surface area contributed by atoms with E-state index >= 15 is 0 Å². The Balaban J connectivity index is 2.22. The molecule has 2 N–H and O–H groups in total. The molecule has 1 aliphatic rings. The monoisotopic (exact) mass is 207 g/mol. The van der Waals surface area contributed by atoms with Gasteiger partial charge in [0.25, 0.3) is 0 Å². The van der Waals surface area contributed by atoms with Crippen LogP contribution in [-0.2, 0) is 4.74 Å². The summed E-state index contributed by atoms with van der Waals surface area (Å²) in [7, 11) is 1.69. The van der Waals surface area contributed by atoms with Crippen LogP contribution in [-0.4, -0.2) is 23.7 Å². The van der Waals surface area contributed by atoms with Crippen molar-refractivity contribution in [2.24, 2.45) is 0 Å². The minimum absolute atomic E-state index is 0.205. The summed E-state index contributed by atoms with van der Waals surface area (Å²) in [6, 6.07) is 1.89. The molecule has 0 spiro atoms. The van der Waals surface area contributed by atoms with Crippen LogP contribution in [0, 0.1) is 0 Å². The van der Waals surface area contributed by atoms with Crippen LogP contribution in [0.2, 0.25) is 0 Å².